The third-order valence-electron chi connectivity index (χ3n) is 9.36. The first-order chi connectivity index (χ1) is 23.3. The average Bonchev–Trinajstić information content (AvgIpc) is 3.49. The fourth-order valence-corrected chi connectivity index (χ4v) is 7.00. The Labute approximate surface area is 274 Å². The van der Waals surface area contributed by atoms with Crippen LogP contribution in [0, 0.1) is 0 Å². The van der Waals surface area contributed by atoms with Gasteiger partial charge in [0.15, 0.2) is 0 Å². The number of fused-ring (bicyclic) bond motifs is 4. The van der Waals surface area contributed by atoms with Gasteiger partial charge in [0, 0.05) is 16.5 Å². The zero-order valence-electron chi connectivity index (χ0n) is 25.8. The summed E-state index contributed by atoms with van der Waals surface area (Å²) in [6.45, 7) is 0. The number of aromatic nitrogens is 1. The Kier molecular flexibility index (Phi) is 6.54. The lowest BCUT2D eigenvalue weighted by Gasteiger charge is -2.13. The first-order valence-corrected chi connectivity index (χ1v) is 16.2. The SMILES string of the molecule is c1ccc(-c2cc(-c3ccccc3)cc(-c3ccc4cc(-c5ccc(-n6c7ccccc7c7ccccc76)cc5)ccc4c3)c2)cc1. The normalized spacial score (nSPS) is 11.4. The van der Waals surface area contributed by atoms with Gasteiger partial charge in [-0.25, -0.2) is 0 Å². The molecule has 0 bridgehead atoms. The minimum atomic E-state index is 1.17. The highest BCUT2D eigenvalue weighted by Crippen LogP contribution is 2.36. The van der Waals surface area contributed by atoms with Gasteiger partial charge in [0.25, 0.3) is 0 Å². The molecular weight excluding hydrogens is 567 g/mol. The zero-order chi connectivity index (χ0) is 31.2. The van der Waals surface area contributed by atoms with E-state index in [1.165, 1.54) is 82.8 Å². The van der Waals surface area contributed by atoms with E-state index >= 15 is 0 Å². The molecule has 8 aromatic carbocycles. The highest BCUT2D eigenvalue weighted by Gasteiger charge is 2.12. The lowest BCUT2D eigenvalue weighted by Crippen LogP contribution is -1.93. The molecule has 0 fully saturated rings. The maximum atomic E-state index is 2.37. The van der Waals surface area contributed by atoms with Crippen LogP contribution in [0.1, 0.15) is 0 Å². The summed E-state index contributed by atoms with van der Waals surface area (Å²) in [7, 11) is 0. The number of benzene rings is 8. The number of nitrogens with zero attached hydrogens (tertiary/aromatic N) is 1. The topological polar surface area (TPSA) is 4.93 Å². The van der Waals surface area contributed by atoms with E-state index in [0.717, 1.165) is 0 Å². The predicted octanol–water partition coefficient (Wildman–Crippen LogP) is 12.6. The molecule has 0 unspecified atom stereocenters. The minimum Gasteiger partial charge on any atom is -0.309 e. The lowest BCUT2D eigenvalue weighted by atomic mass is 9.92. The van der Waals surface area contributed by atoms with Gasteiger partial charge in [0.1, 0.15) is 0 Å². The number of hydrogen-bond donors (Lipinski definition) is 0. The molecule has 1 aromatic heterocycles. The van der Waals surface area contributed by atoms with Crippen molar-refractivity contribution in [1.82, 2.24) is 4.57 Å². The van der Waals surface area contributed by atoms with Crippen LogP contribution in [0.2, 0.25) is 0 Å². The van der Waals surface area contributed by atoms with Gasteiger partial charge >= 0.3 is 0 Å². The van der Waals surface area contributed by atoms with E-state index in [4.69, 9.17) is 0 Å². The molecule has 0 saturated heterocycles. The molecular formula is C46H31N. The van der Waals surface area contributed by atoms with E-state index in [1.807, 2.05) is 0 Å². The summed E-state index contributed by atoms with van der Waals surface area (Å²) in [6.07, 6.45) is 0. The minimum absolute atomic E-state index is 1.17. The maximum Gasteiger partial charge on any atom is 0.0541 e. The fourth-order valence-electron chi connectivity index (χ4n) is 7.00. The first kappa shape index (κ1) is 27.2. The molecule has 1 nitrogen and oxygen atoms in total. The standard InChI is InChI=1S/C46H31N/c1-3-11-32(12-4-1)39-29-40(33-13-5-2-6-14-33)31-41(30-39)38-22-21-36-27-35(19-20-37(36)28-38)34-23-25-42(26-24-34)47-45-17-9-7-15-43(45)44-16-8-10-18-46(44)47/h1-31H. The molecule has 0 amide bonds. The van der Waals surface area contributed by atoms with Crippen molar-refractivity contribution in [3.63, 3.8) is 0 Å². The highest BCUT2D eigenvalue weighted by atomic mass is 15.0. The zero-order valence-corrected chi connectivity index (χ0v) is 25.8. The van der Waals surface area contributed by atoms with Crippen molar-refractivity contribution in [1.29, 1.82) is 0 Å². The van der Waals surface area contributed by atoms with Gasteiger partial charge in [-0.05, 0) is 110 Å². The molecule has 47 heavy (non-hydrogen) atoms. The molecule has 9 rings (SSSR count). The van der Waals surface area contributed by atoms with E-state index in [-0.39, 0.29) is 0 Å². The van der Waals surface area contributed by atoms with Gasteiger partial charge in [-0.1, -0.05) is 133 Å². The molecule has 220 valence electrons. The van der Waals surface area contributed by atoms with Crippen LogP contribution in [0.4, 0.5) is 0 Å². The predicted molar refractivity (Wildman–Crippen MR) is 200 cm³/mol. The Morgan fingerprint density at radius 2 is 0.638 bits per heavy atom. The van der Waals surface area contributed by atoms with E-state index in [9.17, 15) is 0 Å². The summed E-state index contributed by atoms with van der Waals surface area (Å²) < 4.78 is 2.37. The van der Waals surface area contributed by atoms with Crippen molar-refractivity contribution in [3.05, 3.63) is 188 Å². The van der Waals surface area contributed by atoms with E-state index in [1.54, 1.807) is 0 Å². The van der Waals surface area contributed by atoms with Crippen molar-refractivity contribution in [2.45, 2.75) is 0 Å². The van der Waals surface area contributed by atoms with Gasteiger partial charge < -0.3 is 4.57 Å². The van der Waals surface area contributed by atoms with Crippen LogP contribution in [-0.2, 0) is 0 Å². The Balaban J connectivity index is 1.07. The largest absolute Gasteiger partial charge is 0.309 e. The summed E-state index contributed by atoms with van der Waals surface area (Å²) in [4.78, 5) is 0. The van der Waals surface area contributed by atoms with Gasteiger partial charge in [0.05, 0.1) is 11.0 Å². The number of para-hydroxylation sites is 2. The van der Waals surface area contributed by atoms with Crippen LogP contribution >= 0.6 is 0 Å². The summed E-state index contributed by atoms with van der Waals surface area (Å²) >= 11 is 0. The fraction of sp³-hybridized carbons (Fsp3) is 0. The lowest BCUT2D eigenvalue weighted by molar-refractivity contribution is 1.18. The Morgan fingerprint density at radius 3 is 1.15 bits per heavy atom. The van der Waals surface area contributed by atoms with Crippen molar-refractivity contribution < 1.29 is 0 Å². The molecule has 0 aliphatic carbocycles. The van der Waals surface area contributed by atoms with E-state index in [0.29, 0.717) is 0 Å². The molecule has 0 saturated carbocycles. The molecule has 0 aliphatic rings. The molecule has 1 heteroatoms. The molecule has 9 aromatic rings. The van der Waals surface area contributed by atoms with Crippen LogP contribution in [-0.4, -0.2) is 4.57 Å². The third-order valence-corrected chi connectivity index (χ3v) is 9.36. The Morgan fingerprint density at radius 1 is 0.255 bits per heavy atom. The summed E-state index contributed by atoms with van der Waals surface area (Å²) in [6, 6.07) is 68.2. The van der Waals surface area contributed by atoms with E-state index in [2.05, 4.69) is 193 Å². The molecule has 1 heterocycles. The average molecular weight is 598 g/mol. The second kappa shape index (κ2) is 11.3. The van der Waals surface area contributed by atoms with Crippen LogP contribution in [0.25, 0.3) is 82.8 Å². The van der Waals surface area contributed by atoms with Gasteiger partial charge in [-0.2, -0.15) is 0 Å². The summed E-state index contributed by atoms with van der Waals surface area (Å²) in [5.74, 6) is 0. The molecule has 0 N–H and O–H groups in total. The molecule has 0 radical (unpaired) electrons. The van der Waals surface area contributed by atoms with Crippen molar-refractivity contribution >= 4 is 32.6 Å². The Hall–Kier alpha value is -6.18. The molecule has 0 spiro atoms. The second-order valence-corrected chi connectivity index (χ2v) is 12.2. The Bertz CT molecular complexity index is 2430. The van der Waals surface area contributed by atoms with Gasteiger partial charge in [0.2, 0.25) is 0 Å². The summed E-state index contributed by atoms with van der Waals surface area (Å²) in [5, 5.41) is 5.04. The van der Waals surface area contributed by atoms with Crippen LogP contribution in [0.5, 0.6) is 0 Å². The van der Waals surface area contributed by atoms with Crippen LogP contribution in [0.3, 0.4) is 0 Å². The third kappa shape index (κ3) is 4.90. The quantitative estimate of drug-likeness (QED) is 0.186. The van der Waals surface area contributed by atoms with Crippen LogP contribution in [0.15, 0.2) is 188 Å². The van der Waals surface area contributed by atoms with Gasteiger partial charge in [-0.15, -0.1) is 0 Å². The highest BCUT2D eigenvalue weighted by molar-refractivity contribution is 6.09. The maximum absolute atomic E-state index is 2.37. The second-order valence-electron chi connectivity index (χ2n) is 12.2. The number of rotatable bonds is 5. The first-order valence-electron chi connectivity index (χ1n) is 16.2. The van der Waals surface area contributed by atoms with Crippen molar-refractivity contribution in [2.75, 3.05) is 0 Å². The molecule has 0 aliphatic heterocycles. The monoisotopic (exact) mass is 597 g/mol. The molecule has 0 atom stereocenters. The smallest absolute Gasteiger partial charge is 0.0541 e. The summed E-state index contributed by atoms with van der Waals surface area (Å²) in [5.41, 5.74) is 13.4. The van der Waals surface area contributed by atoms with Crippen molar-refractivity contribution in [2.24, 2.45) is 0 Å². The van der Waals surface area contributed by atoms with Gasteiger partial charge in [-0.3, -0.25) is 0 Å². The van der Waals surface area contributed by atoms with Crippen molar-refractivity contribution in [3.8, 4) is 50.2 Å². The van der Waals surface area contributed by atoms with Crippen LogP contribution < -0.4 is 0 Å². The van der Waals surface area contributed by atoms with E-state index < -0.39 is 0 Å². The number of hydrogen-bond acceptors (Lipinski definition) is 0.